The summed E-state index contributed by atoms with van der Waals surface area (Å²) in [6, 6.07) is 15.0. The van der Waals surface area contributed by atoms with Crippen LogP contribution in [0.1, 0.15) is 24.1 Å². The van der Waals surface area contributed by atoms with Crippen molar-refractivity contribution in [3.05, 3.63) is 64.7 Å². The number of amides is 2. The lowest BCUT2D eigenvalue weighted by Crippen LogP contribution is -2.49. The molecule has 0 saturated carbocycles. The van der Waals surface area contributed by atoms with Crippen molar-refractivity contribution in [3.8, 4) is 0 Å². The minimum Gasteiger partial charge on any atom is -0.333 e. The quantitative estimate of drug-likeness (QED) is 0.868. The van der Waals surface area contributed by atoms with Gasteiger partial charge in [0.05, 0.1) is 12.5 Å². The number of hydrogen-bond donors (Lipinski definition) is 2. The van der Waals surface area contributed by atoms with Gasteiger partial charge in [-0.25, -0.2) is 0 Å². The van der Waals surface area contributed by atoms with Crippen LogP contribution in [0.4, 0.5) is 5.69 Å². The maximum absolute atomic E-state index is 12.9. The highest BCUT2D eigenvalue weighted by Crippen LogP contribution is 2.25. The minimum absolute atomic E-state index is 0.0198. The minimum atomic E-state index is -0.112. The summed E-state index contributed by atoms with van der Waals surface area (Å²) in [5.74, 6) is -0.0252. The molecule has 2 aromatic rings. The van der Waals surface area contributed by atoms with Crippen LogP contribution in [0.3, 0.4) is 0 Å². The molecule has 0 bridgehead atoms. The van der Waals surface area contributed by atoms with Gasteiger partial charge in [0.25, 0.3) is 0 Å². The molecule has 1 fully saturated rings. The van der Waals surface area contributed by atoms with Crippen LogP contribution in [0, 0.1) is 0 Å². The van der Waals surface area contributed by atoms with Gasteiger partial charge in [0.15, 0.2) is 0 Å². The molecule has 2 aromatic carbocycles. The molecule has 0 aliphatic carbocycles. The molecule has 1 unspecified atom stereocenters. The zero-order chi connectivity index (χ0) is 18.5. The SMILES string of the molecule is CC(=O)Nc1ccc(CC(=O)N2CCNCC2c2cccc(Cl)c2)cc1. The predicted octanol–water partition coefficient (Wildman–Crippen LogP) is 3.01. The second-order valence-electron chi connectivity index (χ2n) is 6.42. The third-order valence-electron chi connectivity index (χ3n) is 4.43. The van der Waals surface area contributed by atoms with Gasteiger partial charge < -0.3 is 15.5 Å². The Hall–Kier alpha value is -2.37. The molecule has 1 atom stereocenters. The van der Waals surface area contributed by atoms with Crippen LogP contribution in [-0.2, 0) is 16.0 Å². The molecular weight excluding hydrogens is 350 g/mol. The van der Waals surface area contributed by atoms with Crippen molar-refractivity contribution in [3.63, 3.8) is 0 Å². The molecular formula is C20H22ClN3O2. The number of benzene rings is 2. The van der Waals surface area contributed by atoms with Gasteiger partial charge in [0.1, 0.15) is 0 Å². The lowest BCUT2D eigenvalue weighted by atomic mass is 10.0. The van der Waals surface area contributed by atoms with E-state index in [4.69, 9.17) is 11.6 Å². The maximum Gasteiger partial charge on any atom is 0.227 e. The number of hydrogen-bond acceptors (Lipinski definition) is 3. The number of nitrogens with one attached hydrogen (secondary N) is 2. The summed E-state index contributed by atoms with van der Waals surface area (Å²) in [6.07, 6.45) is 0.331. The van der Waals surface area contributed by atoms with Gasteiger partial charge in [-0.3, -0.25) is 9.59 Å². The van der Waals surface area contributed by atoms with E-state index in [1.165, 1.54) is 6.92 Å². The Bertz CT molecular complexity index is 792. The molecule has 0 radical (unpaired) electrons. The zero-order valence-corrected chi connectivity index (χ0v) is 15.4. The van der Waals surface area contributed by atoms with Gasteiger partial charge in [-0.2, -0.15) is 0 Å². The zero-order valence-electron chi connectivity index (χ0n) is 14.7. The monoisotopic (exact) mass is 371 g/mol. The molecule has 5 nitrogen and oxygen atoms in total. The van der Waals surface area contributed by atoms with E-state index in [0.717, 1.165) is 23.4 Å². The van der Waals surface area contributed by atoms with Crippen molar-refractivity contribution < 1.29 is 9.59 Å². The fourth-order valence-electron chi connectivity index (χ4n) is 3.20. The summed E-state index contributed by atoms with van der Waals surface area (Å²) >= 11 is 6.12. The molecule has 6 heteroatoms. The highest BCUT2D eigenvalue weighted by molar-refractivity contribution is 6.30. The van der Waals surface area contributed by atoms with Gasteiger partial charge in [0.2, 0.25) is 11.8 Å². The number of rotatable bonds is 4. The van der Waals surface area contributed by atoms with Crippen LogP contribution in [0.25, 0.3) is 0 Å². The number of nitrogens with zero attached hydrogens (tertiary/aromatic N) is 1. The Morgan fingerprint density at radius 1 is 1.23 bits per heavy atom. The lowest BCUT2D eigenvalue weighted by Gasteiger charge is -2.36. The van der Waals surface area contributed by atoms with Gasteiger partial charge >= 0.3 is 0 Å². The summed E-state index contributed by atoms with van der Waals surface area (Å²) < 4.78 is 0. The largest absolute Gasteiger partial charge is 0.333 e. The predicted molar refractivity (Wildman–Crippen MR) is 103 cm³/mol. The first kappa shape index (κ1) is 18.4. The van der Waals surface area contributed by atoms with Crippen LogP contribution in [-0.4, -0.2) is 36.3 Å². The van der Waals surface area contributed by atoms with Crippen LogP contribution in [0.2, 0.25) is 5.02 Å². The van der Waals surface area contributed by atoms with Crippen molar-refractivity contribution in [1.29, 1.82) is 0 Å². The second kappa shape index (κ2) is 8.34. The molecule has 136 valence electrons. The average Bonchev–Trinajstić information content (AvgIpc) is 2.63. The molecule has 1 aliphatic rings. The van der Waals surface area contributed by atoms with E-state index in [0.29, 0.717) is 24.5 Å². The van der Waals surface area contributed by atoms with Crippen LogP contribution >= 0.6 is 11.6 Å². The van der Waals surface area contributed by atoms with E-state index in [2.05, 4.69) is 10.6 Å². The molecule has 1 saturated heterocycles. The molecule has 0 spiro atoms. The Labute approximate surface area is 158 Å². The van der Waals surface area contributed by atoms with Crippen molar-refractivity contribution in [2.75, 3.05) is 25.0 Å². The highest BCUT2D eigenvalue weighted by Gasteiger charge is 2.27. The van der Waals surface area contributed by atoms with E-state index < -0.39 is 0 Å². The second-order valence-corrected chi connectivity index (χ2v) is 6.85. The summed E-state index contributed by atoms with van der Waals surface area (Å²) in [7, 11) is 0. The molecule has 1 aliphatic heterocycles. The molecule has 2 N–H and O–H groups in total. The normalized spacial score (nSPS) is 17.0. The van der Waals surface area contributed by atoms with Crippen molar-refractivity contribution in [1.82, 2.24) is 10.2 Å². The van der Waals surface area contributed by atoms with Gasteiger partial charge in [0, 0.05) is 37.3 Å². The Balaban J connectivity index is 1.71. The third-order valence-corrected chi connectivity index (χ3v) is 4.66. The Morgan fingerprint density at radius 2 is 2.00 bits per heavy atom. The summed E-state index contributed by atoms with van der Waals surface area (Å²) in [5.41, 5.74) is 2.69. The molecule has 2 amide bonds. The Kier molecular flexibility index (Phi) is 5.91. The van der Waals surface area contributed by atoms with E-state index in [1.54, 1.807) is 0 Å². The number of piperazine rings is 1. The fourth-order valence-corrected chi connectivity index (χ4v) is 3.40. The van der Waals surface area contributed by atoms with Crippen molar-refractivity contribution in [2.45, 2.75) is 19.4 Å². The van der Waals surface area contributed by atoms with Gasteiger partial charge in [-0.1, -0.05) is 35.9 Å². The topological polar surface area (TPSA) is 61.4 Å². The van der Waals surface area contributed by atoms with E-state index in [9.17, 15) is 9.59 Å². The highest BCUT2D eigenvalue weighted by atomic mass is 35.5. The van der Waals surface area contributed by atoms with E-state index >= 15 is 0 Å². The number of carbonyl (C=O) groups is 2. The van der Waals surface area contributed by atoms with Crippen molar-refractivity contribution >= 4 is 29.1 Å². The number of halogens is 1. The van der Waals surface area contributed by atoms with Gasteiger partial charge in [-0.15, -0.1) is 0 Å². The summed E-state index contributed by atoms with van der Waals surface area (Å²) in [5, 5.41) is 6.75. The Morgan fingerprint density at radius 3 is 2.69 bits per heavy atom. The summed E-state index contributed by atoms with van der Waals surface area (Å²) in [4.78, 5) is 25.9. The lowest BCUT2D eigenvalue weighted by molar-refractivity contribution is -0.133. The number of anilines is 1. The molecule has 1 heterocycles. The summed E-state index contributed by atoms with van der Waals surface area (Å²) in [6.45, 7) is 3.63. The van der Waals surface area contributed by atoms with Crippen LogP contribution in [0.15, 0.2) is 48.5 Å². The standard InChI is InChI=1S/C20H22ClN3O2/c1-14(25)23-18-7-5-15(6-8-18)11-20(26)24-10-9-22-13-19(24)16-3-2-4-17(21)12-16/h2-8,12,19,22H,9-11,13H2,1H3,(H,23,25). The van der Waals surface area contributed by atoms with E-state index in [1.807, 2.05) is 53.4 Å². The first-order valence-electron chi connectivity index (χ1n) is 8.65. The number of carbonyl (C=O) groups excluding carboxylic acids is 2. The molecule has 3 rings (SSSR count). The molecule has 26 heavy (non-hydrogen) atoms. The molecule has 0 aromatic heterocycles. The maximum atomic E-state index is 12.9. The fraction of sp³-hybridized carbons (Fsp3) is 0.300. The van der Waals surface area contributed by atoms with Crippen LogP contribution < -0.4 is 10.6 Å². The first-order valence-corrected chi connectivity index (χ1v) is 9.03. The van der Waals surface area contributed by atoms with E-state index in [-0.39, 0.29) is 17.9 Å². The smallest absolute Gasteiger partial charge is 0.227 e. The first-order chi connectivity index (χ1) is 12.5. The average molecular weight is 372 g/mol. The van der Waals surface area contributed by atoms with Crippen LogP contribution in [0.5, 0.6) is 0 Å². The van der Waals surface area contributed by atoms with Gasteiger partial charge in [-0.05, 0) is 35.4 Å². The van der Waals surface area contributed by atoms with Crippen molar-refractivity contribution in [2.24, 2.45) is 0 Å². The third kappa shape index (κ3) is 4.62.